The molecular weight excluding hydrogens is 328 g/mol. The maximum Gasteiger partial charge on any atom is 0.287 e. The Morgan fingerprint density at radius 1 is 1.48 bits per heavy atom. The molecule has 0 radical (unpaired) electrons. The van der Waals surface area contributed by atoms with Crippen molar-refractivity contribution in [3.63, 3.8) is 0 Å². The third-order valence-electron chi connectivity index (χ3n) is 4.25. The van der Waals surface area contributed by atoms with Gasteiger partial charge >= 0.3 is 0 Å². The van der Waals surface area contributed by atoms with Crippen molar-refractivity contribution < 1.29 is 18.9 Å². The molecule has 2 aromatic heterocycles. The van der Waals surface area contributed by atoms with E-state index >= 15 is 0 Å². The van der Waals surface area contributed by atoms with Crippen LogP contribution in [0.2, 0.25) is 0 Å². The molecule has 0 aliphatic carbocycles. The zero-order valence-electron chi connectivity index (χ0n) is 13.7. The Kier molecular flexibility index (Phi) is 4.55. The molecule has 1 saturated heterocycles. The maximum absolute atomic E-state index is 12.7. The normalized spacial score (nSPS) is 16.8. The van der Waals surface area contributed by atoms with Crippen molar-refractivity contribution in [2.45, 2.75) is 25.4 Å². The van der Waals surface area contributed by atoms with Crippen molar-refractivity contribution in [2.75, 3.05) is 6.54 Å². The van der Waals surface area contributed by atoms with Crippen molar-refractivity contribution in [1.29, 1.82) is 0 Å². The number of hydrogen-bond acceptors (Lipinski definition) is 5. The van der Waals surface area contributed by atoms with Gasteiger partial charge in [-0.25, -0.2) is 0 Å². The van der Waals surface area contributed by atoms with E-state index < -0.39 is 11.0 Å². The second kappa shape index (κ2) is 6.80. The lowest BCUT2D eigenvalue weighted by atomic mass is 10.2. The van der Waals surface area contributed by atoms with Gasteiger partial charge in [0.25, 0.3) is 11.6 Å². The number of aryl methyl sites for hydroxylation is 1. The molecule has 3 heterocycles. The number of carbonyl (C=O) groups is 2. The number of hydrogen-bond donors (Lipinski definition) is 1. The van der Waals surface area contributed by atoms with E-state index in [0.29, 0.717) is 25.1 Å². The molecule has 1 atom stereocenters. The minimum absolute atomic E-state index is 0.149. The van der Waals surface area contributed by atoms with Crippen LogP contribution in [0.4, 0.5) is 5.69 Å². The molecule has 0 bridgehead atoms. The molecule has 2 amide bonds. The molecule has 9 nitrogen and oxygen atoms in total. The van der Waals surface area contributed by atoms with Crippen molar-refractivity contribution in [3.05, 3.63) is 52.2 Å². The molecule has 9 heteroatoms. The fourth-order valence-corrected chi connectivity index (χ4v) is 2.99. The van der Waals surface area contributed by atoms with Gasteiger partial charge in [-0.2, -0.15) is 0 Å². The lowest BCUT2D eigenvalue weighted by molar-refractivity contribution is -0.384. The second-order valence-corrected chi connectivity index (χ2v) is 5.91. The second-order valence-electron chi connectivity index (χ2n) is 5.91. The van der Waals surface area contributed by atoms with Crippen LogP contribution >= 0.6 is 0 Å². The predicted molar refractivity (Wildman–Crippen MR) is 86.7 cm³/mol. The SMILES string of the molecule is Cn1cc([N+](=O)[O-])cc1C(=O)N1CCCC1C(=O)NCc1ccco1. The Balaban J connectivity index is 1.71. The Morgan fingerprint density at radius 2 is 2.28 bits per heavy atom. The summed E-state index contributed by atoms with van der Waals surface area (Å²) >= 11 is 0. The highest BCUT2D eigenvalue weighted by Gasteiger charge is 2.36. The van der Waals surface area contributed by atoms with Crippen LogP contribution in [-0.4, -0.2) is 38.8 Å². The summed E-state index contributed by atoms with van der Waals surface area (Å²) in [6, 6.07) is 4.13. The van der Waals surface area contributed by atoms with Gasteiger partial charge in [0.2, 0.25) is 5.91 Å². The Hall–Kier alpha value is -3.10. The third-order valence-corrected chi connectivity index (χ3v) is 4.25. The summed E-state index contributed by atoms with van der Waals surface area (Å²) in [7, 11) is 1.57. The molecule has 0 aromatic carbocycles. The fourth-order valence-electron chi connectivity index (χ4n) is 2.99. The minimum Gasteiger partial charge on any atom is -0.467 e. The largest absolute Gasteiger partial charge is 0.467 e. The van der Waals surface area contributed by atoms with Crippen LogP contribution < -0.4 is 5.32 Å². The first-order valence-electron chi connectivity index (χ1n) is 7.89. The zero-order chi connectivity index (χ0) is 18.0. The molecule has 1 aliphatic rings. The topological polar surface area (TPSA) is 111 Å². The highest BCUT2D eigenvalue weighted by atomic mass is 16.6. The van der Waals surface area contributed by atoms with Crippen LogP contribution in [-0.2, 0) is 18.4 Å². The number of furan rings is 1. The number of nitrogens with zero attached hydrogens (tertiary/aromatic N) is 3. The van der Waals surface area contributed by atoms with Crippen LogP contribution in [0.3, 0.4) is 0 Å². The van der Waals surface area contributed by atoms with E-state index in [1.54, 1.807) is 19.2 Å². The number of nitrogens with one attached hydrogen (secondary N) is 1. The summed E-state index contributed by atoms with van der Waals surface area (Å²) in [6.07, 6.45) is 4.07. The lowest BCUT2D eigenvalue weighted by Crippen LogP contribution is -2.46. The molecule has 1 unspecified atom stereocenters. The summed E-state index contributed by atoms with van der Waals surface area (Å²) in [4.78, 5) is 37.0. The summed E-state index contributed by atoms with van der Waals surface area (Å²) in [5, 5.41) is 13.6. The average Bonchev–Trinajstić information content (AvgIpc) is 3.32. The Bertz CT molecular complexity index is 796. The molecule has 0 saturated carbocycles. The summed E-state index contributed by atoms with van der Waals surface area (Å²) in [5.74, 6) is -0.0144. The van der Waals surface area contributed by atoms with E-state index in [1.165, 1.54) is 28.0 Å². The molecule has 1 aliphatic heterocycles. The first kappa shape index (κ1) is 16.7. The minimum atomic E-state index is -0.587. The van der Waals surface area contributed by atoms with Crippen molar-refractivity contribution in [1.82, 2.24) is 14.8 Å². The van der Waals surface area contributed by atoms with Gasteiger partial charge in [-0.05, 0) is 25.0 Å². The molecule has 25 heavy (non-hydrogen) atoms. The number of rotatable bonds is 5. The number of likely N-dealkylation sites (tertiary alicyclic amines) is 1. The number of nitro groups is 1. The van der Waals surface area contributed by atoms with E-state index in [-0.39, 0.29) is 29.7 Å². The van der Waals surface area contributed by atoms with Gasteiger partial charge in [-0.3, -0.25) is 19.7 Å². The first-order chi connectivity index (χ1) is 12.0. The van der Waals surface area contributed by atoms with Gasteiger partial charge in [0.05, 0.1) is 23.9 Å². The predicted octanol–water partition coefficient (Wildman–Crippen LogP) is 1.45. The quantitative estimate of drug-likeness (QED) is 0.651. The van der Waals surface area contributed by atoms with Gasteiger partial charge < -0.3 is 19.2 Å². The average molecular weight is 346 g/mol. The molecule has 132 valence electrons. The fraction of sp³-hybridized carbons (Fsp3) is 0.375. The van der Waals surface area contributed by atoms with E-state index in [0.717, 1.165) is 0 Å². The Labute approximate surface area is 143 Å². The smallest absolute Gasteiger partial charge is 0.287 e. The molecular formula is C16H18N4O5. The van der Waals surface area contributed by atoms with Crippen LogP contribution in [0.25, 0.3) is 0 Å². The van der Waals surface area contributed by atoms with Gasteiger partial charge in [0, 0.05) is 19.7 Å². The summed E-state index contributed by atoms with van der Waals surface area (Å²) < 4.78 is 6.58. The van der Waals surface area contributed by atoms with Crippen LogP contribution in [0.15, 0.2) is 35.1 Å². The summed E-state index contributed by atoms with van der Waals surface area (Å²) in [5.41, 5.74) is 0.0429. The molecule has 1 fully saturated rings. The first-order valence-corrected chi connectivity index (χ1v) is 7.89. The number of aromatic nitrogens is 1. The molecule has 1 N–H and O–H groups in total. The van der Waals surface area contributed by atoms with E-state index in [2.05, 4.69) is 5.32 Å². The highest BCUT2D eigenvalue weighted by molar-refractivity contribution is 5.97. The molecule has 0 spiro atoms. The van der Waals surface area contributed by atoms with Gasteiger partial charge in [-0.1, -0.05) is 0 Å². The maximum atomic E-state index is 12.7. The molecule has 3 rings (SSSR count). The number of carbonyl (C=O) groups excluding carboxylic acids is 2. The van der Waals surface area contributed by atoms with E-state index in [4.69, 9.17) is 4.42 Å². The summed E-state index contributed by atoms with van der Waals surface area (Å²) in [6.45, 7) is 0.691. The van der Waals surface area contributed by atoms with Crippen LogP contribution in [0, 0.1) is 10.1 Å². The van der Waals surface area contributed by atoms with Gasteiger partial charge in [0.1, 0.15) is 17.5 Å². The van der Waals surface area contributed by atoms with E-state index in [1.807, 2.05) is 0 Å². The molecule has 2 aromatic rings. The van der Waals surface area contributed by atoms with Gasteiger partial charge in [-0.15, -0.1) is 0 Å². The van der Waals surface area contributed by atoms with Crippen molar-refractivity contribution in [2.24, 2.45) is 7.05 Å². The third kappa shape index (κ3) is 3.39. The number of amides is 2. The standard InChI is InChI=1S/C16H18N4O5/c1-18-10-11(20(23)24)8-14(18)16(22)19-6-2-5-13(19)15(21)17-9-12-4-3-7-25-12/h3-4,7-8,10,13H,2,5-6,9H2,1H3,(H,17,21). The lowest BCUT2D eigenvalue weighted by Gasteiger charge is -2.23. The van der Waals surface area contributed by atoms with E-state index in [9.17, 15) is 19.7 Å². The highest BCUT2D eigenvalue weighted by Crippen LogP contribution is 2.23. The zero-order valence-corrected chi connectivity index (χ0v) is 13.7. The van der Waals surface area contributed by atoms with Crippen LogP contribution in [0.5, 0.6) is 0 Å². The van der Waals surface area contributed by atoms with Crippen LogP contribution in [0.1, 0.15) is 29.1 Å². The van der Waals surface area contributed by atoms with Gasteiger partial charge in [0.15, 0.2) is 0 Å². The van der Waals surface area contributed by atoms with Crippen molar-refractivity contribution in [3.8, 4) is 0 Å². The Morgan fingerprint density at radius 3 is 2.92 bits per heavy atom. The van der Waals surface area contributed by atoms with Crippen molar-refractivity contribution >= 4 is 17.5 Å². The monoisotopic (exact) mass is 346 g/mol.